The number of esters is 1. The van der Waals surface area contributed by atoms with Crippen molar-refractivity contribution in [1.82, 2.24) is 20.0 Å². The van der Waals surface area contributed by atoms with Crippen LogP contribution in [0.3, 0.4) is 0 Å². The third-order valence-electron chi connectivity index (χ3n) is 6.41. The van der Waals surface area contributed by atoms with Gasteiger partial charge in [0.05, 0.1) is 18.2 Å². The molecular formula is C24H32N4O4. The summed E-state index contributed by atoms with van der Waals surface area (Å²) >= 11 is 0. The SMILES string of the molecule is CCOC(=O)C1=C(CN2CCCN(C(=O)C3CC3)CC2)N(C)C(=O)N[C@@H]1c1ccccc1. The van der Waals surface area contributed by atoms with E-state index in [0.717, 1.165) is 37.9 Å². The van der Waals surface area contributed by atoms with Gasteiger partial charge in [-0.1, -0.05) is 30.3 Å². The van der Waals surface area contributed by atoms with Crippen LogP contribution in [0.2, 0.25) is 0 Å². The Balaban J connectivity index is 1.60. The average molecular weight is 441 g/mol. The van der Waals surface area contributed by atoms with E-state index in [-0.39, 0.29) is 24.5 Å². The van der Waals surface area contributed by atoms with Crippen LogP contribution >= 0.6 is 0 Å². The lowest BCUT2D eigenvalue weighted by molar-refractivity contribution is -0.139. The van der Waals surface area contributed by atoms with E-state index in [0.29, 0.717) is 30.9 Å². The summed E-state index contributed by atoms with van der Waals surface area (Å²) in [6.45, 7) is 5.45. The second-order valence-electron chi connectivity index (χ2n) is 8.66. The fourth-order valence-corrected chi connectivity index (χ4v) is 4.44. The minimum atomic E-state index is -0.561. The lowest BCUT2D eigenvalue weighted by Gasteiger charge is -2.36. The molecule has 0 aromatic heterocycles. The largest absolute Gasteiger partial charge is 0.463 e. The van der Waals surface area contributed by atoms with E-state index in [1.807, 2.05) is 35.2 Å². The fraction of sp³-hybridized carbons (Fsp3) is 0.542. The Morgan fingerprint density at radius 2 is 1.84 bits per heavy atom. The molecule has 2 fully saturated rings. The first-order valence-electron chi connectivity index (χ1n) is 11.5. The Kier molecular flexibility index (Phi) is 6.79. The third-order valence-corrected chi connectivity index (χ3v) is 6.41. The molecular weight excluding hydrogens is 408 g/mol. The van der Waals surface area contributed by atoms with Crippen LogP contribution in [0, 0.1) is 5.92 Å². The van der Waals surface area contributed by atoms with Gasteiger partial charge >= 0.3 is 12.0 Å². The summed E-state index contributed by atoms with van der Waals surface area (Å²) in [7, 11) is 1.69. The zero-order valence-electron chi connectivity index (χ0n) is 18.9. The number of rotatable bonds is 6. The Morgan fingerprint density at radius 1 is 1.09 bits per heavy atom. The number of benzene rings is 1. The van der Waals surface area contributed by atoms with Crippen LogP contribution in [-0.2, 0) is 14.3 Å². The normalized spacial score (nSPS) is 22.4. The Labute approximate surface area is 189 Å². The van der Waals surface area contributed by atoms with Crippen LogP contribution in [-0.4, -0.2) is 79.0 Å². The van der Waals surface area contributed by atoms with Crippen molar-refractivity contribution in [2.75, 3.05) is 46.4 Å². The van der Waals surface area contributed by atoms with E-state index in [1.165, 1.54) is 4.90 Å². The van der Waals surface area contributed by atoms with E-state index >= 15 is 0 Å². The second kappa shape index (κ2) is 9.73. The summed E-state index contributed by atoms with van der Waals surface area (Å²) < 4.78 is 5.40. The molecule has 172 valence electrons. The summed E-state index contributed by atoms with van der Waals surface area (Å²) in [6, 6.07) is 8.68. The number of urea groups is 1. The number of likely N-dealkylation sites (N-methyl/N-ethyl adjacent to an activating group) is 1. The van der Waals surface area contributed by atoms with Gasteiger partial charge in [-0.25, -0.2) is 9.59 Å². The highest BCUT2D eigenvalue weighted by molar-refractivity contribution is 5.95. The molecule has 3 amide bonds. The summed E-state index contributed by atoms with van der Waals surface area (Å²) in [5.41, 5.74) is 1.96. The number of hydrogen-bond donors (Lipinski definition) is 1. The first-order chi connectivity index (χ1) is 15.5. The monoisotopic (exact) mass is 440 g/mol. The van der Waals surface area contributed by atoms with Crippen LogP contribution in [0.25, 0.3) is 0 Å². The maximum absolute atomic E-state index is 13.0. The molecule has 32 heavy (non-hydrogen) atoms. The van der Waals surface area contributed by atoms with Crippen molar-refractivity contribution in [2.24, 2.45) is 5.92 Å². The number of ether oxygens (including phenoxy) is 1. The summed E-state index contributed by atoms with van der Waals surface area (Å²) in [6.07, 6.45) is 2.89. The minimum absolute atomic E-state index is 0.222. The molecule has 1 aromatic rings. The zero-order chi connectivity index (χ0) is 22.7. The highest BCUT2D eigenvalue weighted by atomic mass is 16.5. The molecule has 4 rings (SSSR count). The Morgan fingerprint density at radius 3 is 2.53 bits per heavy atom. The van der Waals surface area contributed by atoms with Crippen molar-refractivity contribution in [3.05, 3.63) is 47.2 Å². The van der Waals surface area contributed by atoms with E-state index in [9.17, 15) is 14.4 Å². The van der Waals surface area contributed by atoms with E-state index in [2.05, 4.69) is 10.2 Å². The molecule has 1 saturated heterocycles. The highest BCUT2D eigenvalue weighted by Crippen LogP contribution is 2.33. The van der Waals surface area contributed by atoms with Gasteiger partial charge in [-0.2, -0.15) is 0 Å². The van der Waals surface area contributed by atoms with Gasteiger partial charge in [0.2, 0.25) is 5.91 Å². The molecule has 8 nitrogen and oxygen atoms in total. The van der Waals surface area contributed by atoms with Gasteiger partial charge in [-0.3, -0.25) is 14.6 Å². The van der Waals surface area contributed by atoms with Crippen molar-refractivity contribution in [2.45, 2.75) is 32.2 Å². The average Bonchev–Trinajstić information content (AvgIpc) is 3.65. The van der Waals surface area contributed by atoms with Gasteiger partial charge in [-0.15, -0.1) is 0 Å². The number of carbonyl (C=O) groups is 3. The van der Waals surface area contributed by atoms with Crippen LogP contribution in [0.15, 0.2) is 41.6 Å². The van der Waals surface area contributed by atoms with E-state index < -0.39 is 12.0 Å². The molecule has 0 spiro atoms. The number of amides is 3. The Hall–Kier alpha value is -2.87. The quantitative estimate of drug-likeness (QED) is 0.686. The molecule has 1 saturated carbocycles. The molecule has 0 bridgehead atoms. The standard InChI is InChI=1S/C24H32N4O4/c1-3-32-23(30)20-19(26(2)24(31)25-21(20)17-8-5-4-6-9-17)16-27-12-7-13-28(15-14-27)22(29)18-10-11-18/h4-6,8-9,18,21H,3,7,10-16H2,1-2H3,(H,25,31)/t21-/m1/s1. The molecule has 1 aromatic carbocycles. The molecule has 1 aliphatic carbocycles. The van der Waals surface area contributed by atoms with Gasteiger partial charge in [0.15, 0.2) is 0 Å². The smallest absolute Gasteiger partial charge is 0.338 e. The van der Waals surface area contributed by atoms with Gasteiger partial charge in [0, 0.05) is 51.4 Å². The first kappa shape index (κ1) is 22.3. The predicted octanol–water partition coefficient (Wildman–Crippen LogP) is 2.14. The van der Waals surface area contributed by atoms with Crippen LogP contribution in [0.5, 0.6) is 0 Å². The lowest BCUT2D eigenvalue weighted by atomic mass is 9.94. The van der Waals surface area contributed by atoms with Gasteiger partial charge in [-0.05, 0) is 31.7 Å². The van der Waals surface area contributed by atoms with Crippen molar-refractivity contribution < 1.29 is 19.1 Å². The second-order valence-corrected chi connectivity index (χ2v) is 8.66. The summed E-state index contributed by atoms with van der Waals surface area (Å²) in [5.74, 6) is 0.0830. The maximum atomic E-state index is 13.0. The summed E-state index contributed by atoms with van der Waals surface area (Å²) in [5, 5.41) is 2.95. The molecule has 8 heteroatoms. The van der Waals surface area contributed by atoms with Gasteiger partial charge in [0.25, 0.3) is 0 Å². The molecule has 3 aliphatic rings. The number of nitrogens with zero attached hydrogens (tertiary/aromatic N) is 3. The molecule has 0 radical (unpaired) electrons. The van der Waals surface area contributed by atoms with Gasteiger partial charge in [0.1, 0.15) is 0 Å². The van der Waals surface area contributed by atoms with Crippen molar-refractivity contribution in [3.63, 3.8) is 0 Å². The molecule has 1 atom stereocenters. The number of nitrogens with one attached hydrogen (secondary N) is 1. The van der Waals surface area contributed by atoms with E-state index in [4.69, 9.17) is 4.74 Å². The van der Waals surface area contributed by atoms with Crippen LogP contribution < -0.4 is 5.32 Å². The third kappa shape index (κ3) is 4.80. The predicted molar refractivity (Wildman–Crippen MR) is 119 cm³/mol. The highest BCUT2D eigenvalue weighted by Gasteiger charge is 2.38. The van der Waals surface area contributed by atoms with E-state index in [1.54, 1.807) is 14.0 Å². The number of carbonyl (C=O) groups excluding carboxylic acids is 3. The van der Waals surface area contributed by atoms with Crippen molar-refractivity contribution >= 4 is 17.9 Å². The lowest BCUT2D eigenvalue weighted by Crippen LogP contribution is -2.49. The topological polar surface area (TPSA) is 82.2 Å². The fourth-order valence-electron chi connectivity index (χ4n) is 4.44. The molecule has 1 N–H and O–H groups in total. The van der Waals surface area contributed by atoms with Crippen molar-refractivity contribution in [1.29, 1.82) is 0 Å². The Bertz CT molecular complexity index is 897. The minimum Gasteiger partial charge on any atom is -0.463 e. The first-order valence-corrected chi connectivity index (χ1v) is 11.5. The maximum Gasteiger partial charge on any atom is 0.338 e. The molecule has 2 aliphatic heterocycles. The zero-order valence-corrected chi connectivity index (χ0v) is 18.9. The van der Waals surface area contributed by atoms with Crippen LogP contribution in [0.1, 0.15) is 37.8 Å². The molecule has 2 heterocycles. The number of hydrogen-bond acceptors (Lipinski definition) is 5. The van der Waals surface area contributed by atoms with Crippen molar-refractivity contribution in [3.8, 4) is 0 Å². The summed E-state index contributed by atoms with van der Waals surface area (Å²) in [4.78, 5) is 44.1. The molecule has 0 unspecified atom stereocenters. The van der Waals surface area contributed by atoms with Crippen LogP contribution in [0.4, 0.5) is 4.79 Å². The van der Waals surface area contributed by atoms with Gasteiger partial charge < -0.3 is 15.0 Å².